The van der Waals surface area contributed by atoms with E-state index in [0.29, 0.717) is 36.0 Å². The number of nitrogens with zero attached hydrogens (tertiary/aromatic N) is 5. The number of alkyl halides is 1. The number of quaternary nitrogens is 1. The maximum atomic E-state index is 14.7. The zero-order valence-electron chi connectivity index (χ0n) is 21.8. The Morgan fingerprint density at radius 3 is 2.77 bits per heavy atom. The van der Waals surface area contributed by atoms with E-state index in [-0.39, 0.29) is 41.4 Å². The normalized spacial score (nSPS) is 28.2. The minimum Gasteiger partial charge on any atom is -0.374 e. The number of fused-ring (bicyclic) bond motifs is 2. The second kappa shape index (κ2) is 9.26. The van der Waals surface area contributed by atoms with Crippen molar-refractivity contribution in [2.24, 2.45) is 21.7 Å². The van der Waals surface area contributed by atoms with E-state index < -0.39 is 5.67 Å². The van der Waals surface area contributed by atoms with Crippen LogP contribution in [0.1, 0.15) is 47.2 Å². The van der Waals surface area contributed by atoms with Gasteiger partial charge in [0, 0.05) is 36.7 Å². The summed E-state index contributed by atoms with van der Waals surface area (Å²) in [5.74, 6) is 7.72. The molecule has 0 saturated carbocycles. The number of anilines is 1. The molecule has 0 spiro atoms. The first-order chi connectivity index (χ1) is 19.3. The van der Waals surface area contributed by atoms with E-state index in [2.05, 4.69) is 15.3 Å². The predicted octanol–water partition coefficient (Wildman–Crippen LogP) is 3.15. The summed E-state index contributed by atoms with van der Waals surface area (Å²) in [4.78, 5) is 40.9. The number of aromatic nitrogens is 1. The summed E-state index contributed by atoms with van der Waals surface area (Å²) >= 11 is 0. The fourth-order valence-electron chi connectivity index (χ4n) is 6.18. The highest BCUT2D eigenvalue weighted by Gasteiger charge is 2.48. The van der Waals surface area contributed by atoms with Gasteiger partial charge in [0.2, 0.25) is 11.6 Å². The molecule has 1 aromatic heterocycles. The summed E-state index contributed by atoms with van der Waals surface area (Å²) in [6.45, 7) is 0.628. The van der Waals surface area contributed by atoms with Crippen LogP contribution in [0.3, 0.4) is 0 Å². The first-order valence-electron chi connectivity index (χ1n) is 13.5. The highest BCUT2D eigenvalue weighted by atomic mass is 19.1. The summed E-state index contributed by atoms with van der Waals surface area (Å²) in [5, 5.41) is 2.75. The molecule has 5 aliphatic heterocycles. The van der Waals surface area contributed by atoms with Crippen LogP contribution in [-0.4, -0.2) is 64.1 Å². The van der Waals surface area contributed by atoms with Crippen LogP contribution in [-0.2, 0) is 15.2 Å². The fraction of sp³-hybridized carbons (Fsp3) is 0.345. The van der Waals surface area contributed by atoms with Gasteiger partial charge in [-0.1, -0.05) is 0 Å². The molecule has 204 valence electrons. The van der Waals surface area contributed by atoms with E-state index in [1.807, 2.05) is 17.0 Å². The summed E-state index contributed by atoms with van der Waals surface area (Å²) in [7, 11) is 0. The van der Waals surface area contributed by atoms with Crippen molar-refractivity contribution in [1.82, 2.24) is 9.88 Å². The number of carbonyl (C=O) groups is 2. The molecule has 3 N–H and O–H groups in total. The van der Waals surface area contributed by atoms with E-state index in [0.717, 1.165) is 36.2 Å². The Labute approximate surface area is 230 Å². The Kier molecular flexibility index (Phi) is 5.77. The Hall–Kier alpha value is -4.06. The van der Waals surface area contributed by atoms with E-state index in [4.69, 9.17) is 15.6 Å². The number of nitrogens with two attached hydrogens (primary N) is 1. The van der Waals surface area contributed by atoms with E-state index in [1.54, 1.807) is 36.8 Å². The molecule has 10 nitrogen and oxygen atoms in total. The monoisotopic (exact) mass is 542 g/mol. The van der Waals surface area contributed by atoms with Gasteiger partial charge in [0.25, 0.3) is 11.7 Å². The van der Waals surface area contributed by atoms with Crippen molar-refractivity contribution in [2.45, 2.75) is 37.4 Å². The Morgan fingerprint density at radius 2 is 2.00 bits per heavy atom. The first kappa shape index (κ1) is 24.9. The summed E-state index contributed by atoms with van der Waals surface area (Å²) < 4.78 is 19.6. The summed E-state index contributed by atoms with van der Waals surface area (Å²) in [6, 6.07) is 10.5. The van der Waals surface area contributed by atoms with Crippen molar-refractivity contribution in [3.63, 3.8) is 0 Å². The molecular formula is C29H29FN7O3+. The highest BCUT2D eigenvalue weighted by Crippen LogP contribution is 2.40. The van der Waals surface area contributed by atoms with Crippen molar-refractivity contribution < 1.29 is 23.3 Å². The standard InChI is InChI=1S/C29H28FN7O3/c30-29(16-40-17-29)21-9-10-33-24(13-21)34-28(39)19-3-1-18(2-4-19)27-35-26(23-14-32-11-12-37(23,27)31)20-5-6-22-7-8-25(38)36(22)15-20/h1-4,9-14,20,22H,5-8,15-17,31H2/p+1/t20-,22+,37?/m1/s1. The molecule has 0 bridgehead atoms. The fourth-order valence-corrected chi connectivity index (χ4v) is 6.18. The van der Waals surface area contributed by atoms with Gasteiger partial charge in [0.15, 0.2) is 5.67 Å². The lowest BCUT2D eigenvalue weighted by molar-refractivity contribution is -0.750. The van der Waals surface area contributed by atoms with Crippen molar-refractivity contribution in [3.05, 3.63) is 83.1 Å². The molecule has 2 amide bonds. The van der Waals surface area contributed by atoms with Crippen LogP contribution < -0.4 is 11.2 Å². The van der Waals surface area contributed by atoms with E-state index in [9.17, 15) is 14.0 Å². The molecule has 11 heteroatoms. The van der Waals surface area contributed by atoms with Gasteiger partial charge < -0.3 is 15.0 Å². The van der Waals surface area contributed by atoms with Crippen LogP contribution in [0.2, 0.25) is 0 Å². The molecule has 3 fully saturated rings. The number of halogens is 1. The van der Waals surface area contributed by atoms with Crippen LogP contribution in [0.25, 0.3) is 0 Å². The average Bonchev–Trinajstić information content (AvgIpc) is 3.48. The lowest BCUT2D eigenvalue weighted by atomic mass is 9.90. The number of carbonyl (C=O) groups excluding carboxylic acids is 2. The number of benzene rings is 1. The second-order valence-corrected chi connectivity index (χ2v) is 11.0. The number of pyridine rings is 1. The van der Waals surface area contributed by atoms with Gasteiger partial charge in [-0.2, -0.15) is 10.8 Å². The minimum atomic E-state index is -1.55. The Morgan fingerprint density at radius 1 is 1.18 bits per heavy atom. The molecule has 2 aromatic rings. The van der Waals surface area contributed by atoms with E-state index >= 15 is 0 Å². The van der Waals surface area contributed by atoms with Crippen LogP contribution >= 0.6 is 0 Å². The molecule has 1 unspecified atom stereocenters. The molecule has 5 aliphatic rings. The molecule has 3 saturated heterocycles. The van der Waals surface area contributed by atoms with E-state index in [1.165, 1.54) is 12.3 Å². The highest BCUT2D eigenvalue weighted by molar-refractivity contribution is 6.05. The number of nitrogens with one attached hydrogen (secondary N) is 1. The van der Waals surface area contributed by atoms with Crippen LogP contribution in [0, 0.1) is 5.92 Å². The lowest BCUT2D eigenvalue weighted by Crippen LogP contribution is -2.53. The Balaban J connectivity index is 1.12. The van der Waals surface area contributed by atoms with Gasteiger partial charge in [-0.3, -0.25) is 14.6 Å². The first-order valence-corrected chi connectivity index (χ1v) is 13.5. The molecule has 7 rings (SSSR count). The van der Waals surface area contributed by atoms with Crippen LogP contribution in [0.15, 0.2) is 76.4 Å². The largest absolute Gasteiger partial charge is 0.374 e. The molecule has 3 atom stereocenters. The zero-order chi connectivity index (χ0) is 27.5. The third-order valence-electron chi connectivity index (χ3n) is 8.51. The number of ether oxygens (including phenoxy) is 1. The average molecular weight is 543 g/mol. The summed E-state index contributed by atoms with van der Waals surface area (Å²) in [5.41, 5.74) is 1.71. The smallest absolute Gasteiger partial charge is 0.264 e. The van der Waals surface area contributed by atoms with Gasteiger partial charge in [-0.15, -0.1) is 4.59 Å². The number of piperidine rings is 1. The minimum absolute atomic E-state index is 0.00609. The third-order valence-corrected chi connectivity index (χ3v) is 8.51. The second-order valence-electron chi connectivity index (χ2n) is 11.0. The van der Waals surface area contributed by atoms with Gasteiger partial charge >= 0.3 is 0 Å². The summed E-state index contributed by atoms with van der Waals surface area (Å²) in [6.07, 6.45) is 10.1. The van der Waals surface area contributed by atoms with Gasteiger partial charge in [-0.25, -0.2) is 9.37 Å². The maximum absolute atomic E-state index is 14.7. The number of aliphatic imine (C=N–C) groups is 2. The van der Waals surface area contributed by atoms with Crippen molar-refractivity contribution in [1.29, 1.82) is 0 Å². The van der Waals surface area contributed by atoms with Gasteiger partial charge in [-0.05, 0) is 61.2 Å². The van der Waals surface area contributed by atoms with Gasteiger partial charge in [0.05, 0.1) is 31.2 Å². The molecule has 1 aromatic carbocycles. The third kappa shape index (κ3) is 4.00. The van der Waals surface area contributed by atoms with Crippen molar-refractivity contribution in [2.75, 3.05) is 25.1 Å². The molecule has 0 radical (unpaired) electrons. The van der Waals surface area contributed by atoms with Crippen molar-refractivity contribution in [3.8, 4) is 0 Å². The van der Waals surface area contributed by atoms with Gasteiger partial charge in [0.1, 0.15) is 17.7 Å². The number of hydrogen-bond donors (Lipinski definition) is 2. The van der Waals surface area contributed by atoms with Crippen LogP contribution in [0.5, 0.6) is 0 Å². The number of allylic oxidation sites excluding steroid dienone is 1. The number of amidine groups is 1. The number of amides is 2. The quantitative estimate of drug-likeness (QED) is 0.444. The molecule has 0 aliphatic carbocycles. The molecular weight excluding hydrogens is 513 g/mol. The van der Waals surface area contributed by atoms with Crippen LogP contribution in [0.4, 0.5) is 10.2 Å². The van der Waals surface area contributed by atoms with Crippen molar-refractivity contribution >= 4 is 29.7 Å². The number of hydrogen-bond acceptors (Lipinski definition) is 7. The number of rotatable bonds is 5. The topological polar surface area (TPSA) is 122 Å². The molecule has 6 heterocycles. The molecule has 40 heavy (non-hydrogen) atoms. The SMILES string of the molecule is N[N+]12C=CN=CC1=C([C@@H]1CC[C@H]3CCC(=O)N3C1)N=C2c1ccc(C(=O)Nc2cc(C3(F)COC3)ccn2)cc1. The maximum Gasteiger partial charge on any atom is 0.264 e. The predicted molar refractivity (Wildman–Crippen MR) is 145 cm³/mol. The zero-order valence-corrected chi connectivity index (χ0v) is 21.8. The Bertz CT molecular complexity index is 1530. The lowest BCUT2D eigenvalue weighted by Gasteiger charge is -2.35.